The summed E-state index contributed by atoms with van der Waals surface area (Å²) in [6.07, 6.45) is 2.86. The number of hydrogen-bond acceptors (Lipinski definition) is 1. The molecule has 0 unspecified atom stereocenters. The molecule has 14 heavy (non-hydrogen) atoms. The lowest BCUT2D eigenvalue weighted by Gasteiger charge is -2.39. The van der Waals surface area contributed by atoms with Crippen LogP contribution in [0.1, 0.15) is 25.3 Å². The summed E-state index contributed by atoms with van der Waals surface area (Å²) in [4.78, 5) is 2.66. The summed E-state index contributed by atoms with van der Waals surface area (Å²) in [5, 5.41) is 0. The molecule has 0 N–H and O–H groups in total. The molecule has 1 saturated carbocycles. The molecule has 2 heterocycles. The molecule has 0 atom stereocenters. The maximum absolute atomic E-state index is 2.66. The number of nitrogens with zero attached hydrogens (tertiary/aromatic N) is 1. The van der Waals surface area contributed by atoms with Gasteiger partial charge in [-0.3, -0.25) is 4.90 Å². The fourth-order valence-corrected chi connectivity index (χ4v) is 3.16. The highest BCUT2D eigenvalue weighted by molar-refractivity contribution is 5.17. The fraction of sp³-hybridized carbons (Fsp3) is 0.538. The first kappa shape index (κ1) is 8.49. The zero-order chi connectivity index (χ0) is 9.60. The Morgan fingerprint density at radius 3 is 2.57 bits per heavy atom. The Kier molecular flexibility index (Phi) is 1.72. The molecule has 0 radical (unpaired) electrons. The van der Waals surface area contributed by atoms with E-state index < -0.39 is 0 Å². The first-order valence-corrected chi connectivity index (χ1v) is 5.55. The van der Waals surface area contributed by atoms with Gasteiger partial charge in [0.05, 0.1) is 0 Å². The van der Waals surface area contributed by atoms with Gasteiger partial charge in [-0.05, 0) is 31.2 Å². The van der Waals surface area contributed by atoms with Gasteiger partial charge in [0.2, 0.25) is 0 Å². The van der Waals surface area contributed by atoms with Gasteiger partial charge in [-0.2, -0.15) is 0 Å². The Bertz CT molecular complexity index is 324. The van der Waals surface area contributed by atoms with Gasteiger partial charge in [0.25, 0.3) is 0 Å². The lowest BCUT2D eigenvalue weighted by molar-refractivity contribution is 0.123. The minimum atomic E-state index is 0.542. The second kappa shape index (κ2) is 2.83. The van der Waals surface area contributed by atoms with E-state index in [0.29, 0.717) is 5.54 Å². The average Bonchev–Trinajstić information content (AvgIpc) is 2.59. The van der Waals surface area contributed by atoms with Gasteiger partial charge in [0.15, 0.2) is 0 Å². The van der Waals surface area contributed by atoms with Gasteiger partial charge in [0, 0.05) is 18.6 Å². The van der Waals surface area contributed by atoms with Crippen LogP contribution in [-0.2, 0) is 6.54 Å². The van der Waals surface area contributed by atoms with E-state index >= 15 is 0 Å². The van der Waals surface area contributed by atoms with Gasteiger partial charge >= 0.3 is 0 Å². The zero-order valence-corrected chi connectivity index (χ0v) is 8.74. The molecule has 1 aliphatic carbocycles. The second-order valence-electron chi connectivity index (χ2n) is 5.14. The summed E-state index contributed by atoms with van der Waals surface area (Å²) in [7, 11) is 0. The van der Waals surface area contributed by atoms with Crippen LogP contribution in [0.25, 0.3) is 0 Å². The number of benzene rings is 1. The third-order valence-corrected chi connectivity index (χ3v) is 3.92. The van der Waals surface area contributed by atoms with E-state index in [2.05, 4.69) is 42.2 Å². The highest BCUT2D eigenvalue weighted by Crippen LogP contribution is 2.50. The van der Waals surface area contributed by atoms with Crippen molar-refractivity contribution in [2.75, 3.05) is 6.54 Å². The molecule has 1 aromatic carbocycles. The Balaban J connectivity index is 1.74. The zero-order valence-electron chi connectivity index (χ0n) is 8.74. The number of rotatable bonds is 2. The second-order valence-corrected chi connectivity index (χ2v) is 5.14. The first-order valence-electron chi connectivity index (χ1n) is 5.55. The molecule has 1 nitrogen and oxygen atoms in total. The van der Waals surface area contributed by atoms with Crippen LogP contribution in [-0.4, -0.2) is 17.0 Å². The van der Waals surface area contributed by atoms with Gasteiger partial charge in [-0.25, -0.2) is 0 Å². The molecule has 3 aliphatic rings. The fourth-order valence-electron chi connectivity index (χ4n) is 3.16. The molecule has 4 rings (SSSR count). The lowest BCUT2D eigenvalue weighted by atomic mass is 9.75. The molecule has 3 fully saturated rings. The minimum Gasteiger partial charge on any atom is -0.293 e. The van der Waals surface area contributed by atoms with Crippen molar-refractivity contribution < 1.29 is 0 Å². The highest BCUT2D eigenvalue weighted by Gasteiger charge is 2.51. The Hall–Kier alpha value is -0.820. The van der Waals surface area contributed by atoms with Crippen LogP contribution in [0.15, 0.2) is 30.3 Å². The summed E-state index contributed by atoms with van der Waals surface area (Å²) in [6.45, 7) is 4.89. The normalized spacial score (nSPS) is 35.6. The molecule has 0 amide bonds. The molecule has 1 aromatic rings. The van der Waals surface area contributed by atoms with Crippen molar-refractivity contribution in [2.24, 2.45) is 5.92 Å². The van der Waals surface area contributed by atoms with Crippen molar-refractivity contribution in [3.63, 3.8) is 0 Å². The van der Waals surface area contributed by atoms with Crippen LogP contribution in [0.2, 0.25) is 0 Å². The predicted octanol–water partition coefficient (Wildman–Crippen LogP) is 2.67. The highest BCUT2D eigenvalue weighted by atomic mass is 15.3. The third-order valence-electron chi connectivity index (χ3n) is 3.92. The topological polar surface area (TPSA) is 3.24 Å². The summed E-state index contributed by atoms with van der Waals surface area (Å²) >= 11 is 0. The van der Waals surface area contributed by atoms with E-state index in [4.69, 9.17) is 0 Å². The van der Waals surface area contributed by atoms with E-state index in [1.165, 1.54) is 24.9 Å². The molecule has 74 valence electrons. The van der Waals surface area contributed by atoms with Gasteiger partial charge in [0.1, 0.15) is 0 Å². The largest absolute Gasteiger partial charge is 0.293 e. The average molecular weight is 187 g/mol. The quantitative estimate of drug-likeness (QED) is 0.688. The van der Waals surface area contributed by atoms with Crippen molar-refractivity contribution in [3.05, 3.63) is 35.9 Å². The van der Waals surface area contributed by atoms with Gasteiger partial charge < -0.3 is 0 Å². The van der Waals surface area contributed by atoms with Crippen LogP contribution in [0.4, 0.5) is 0 Å². The molecular weight excluding hydrogens is 170 g/mol. The molecule has 1 heteroatoms. The van der Waals surface area contributed by atoms with Crippen LogP contribution in [0.3, 0.4) is 0 Å². The van der Waals surface area contributed by atoms with Crippen LogP contribution in [0, 0.1) is 5.92 Å². The smallest absolute Gasteiger partial charge is 0.0239 e. The SMILES string of the molecule is CC12CC(CN1Cc1ccccc1)C2. The summed E-state index contributed by atoms with van der Waals surface area (Å²) < 4.78 is 0. The molecule has 0 aromatic heterocycles. The molecular formula is C13H17N. The van der Waals surface area contributed by atoms with Crippen molar-refractivity contribution >= 4 is 0 Å². The minimum absolute atomic E-state index is 0.542. The predicted molar refractivity (Wildman–Crippen MR) is 58.0 cm³/mol. The third kappa shape index (κ3) is 1.19. The molecule has 2 bridgehead atoms. The number of fused-ring (bicyclic) bond motifs is 1. The maximum Gasteiger partial charge on any atom is 0.0239 e. The Morgan fingerprint density at radius 1 is 1.29 bits per heavy atom. The van der Waals surface area contributed by atoms with Crippen molar-refractivity contribution in [3.8, 4) is 0 Å². The van der Waals surface area contributed by atoms with Crippen molar-refractivity contribution in [1.29, 1.82) is 0 Å². The first-order chi connectivity index (χ1) is 6.76. The van der Waals surface area contributed by atoms with E-state index in [-0.39, 0.29) is 0 Å². The summed E-state index contributed by atoms with van der Waals surface area (Å²) in [5.41, 5.74) is 2.00. The summed E-state index contributed by atoms with van der Waals surface area (Å²) in [6, 6.07) is 10.8. The van der Waals surface area contributed by atoms with Gasteiger partial charge in [-0.15, -0.1) is 0 Å². The van der Waals surface area contributed by atoms with E-state index in [9.17, 15) is 0 Å². The van der Waals surface area contributed by atoms with Crippen LogP contribution in [0.5, 0.6) is 0 Å². The van der Waals surface area contributed by atoms with E-state index in [1.54, 1.807) is 0 Å². The molecule has 0 spiro atoms. The van der Waals surface area contributed by atoms with E-state index in [0.717, 1.165) is 12.5 Å². The van der Waals surface area contributed by atoms with Gasteiger partial charge in [-0.1, -0.05) is 30.3 Å². The monoisotopic (exact) mass is 187 g/mol. The summed E-state index contributed by atoms with van der Waals surface area (Å²) in [5.74, 6) is 1.00. The van der Waals surface area contributed by atoms with Crippen molar-refractivity contribution in [1.82, 2.24) is 4.90 Å². The molecule has 2 saturated heterocycles. The Labute approximate surface area is 85.7 Å². The standard InChI is InChI=1S/C13H17N/c1-13-7-12(8-13)10-14(13)9-11-5-3-2-4-6-11/h2-6,12H,7-10H2,1H3. The van der Waals surface area contributed by atoms with Crippen LogP contribution < -0.4 is 0 Å². The Morgan fingerprint density at radius 2 is 2.00 bits per heavy atom. The van der Waals surface area contributed by atoms with Crippen LogP contribution >= 0.6 is 0 Å². The number of hydrogen-bond donors (Lipinski definition) is 0. The molecule has 2 aliphatic heterocycles. The van der Waals surface area contributed by atoms with Crippen molar-refractivity contribution in [2.45, 2.75) is 31.8 Å². The lowest BCUT2D eigenvalue weighted by Crippen LogP contribution is -2.42. The maximum atomic E-state index is 2.66. The van der Waals surface area contributed by atoms with E-state index in [1.807, 2.05) is 0 Å².